The van der Waals surface area contributed by atoms with E-state index in [0.717, 1.165) is 16.5 Å². The SMILES string of the molecule is Cc1ccc2c(C(=O)c3ccc(N)c(F)c3)cn(C)c2c1. The van der Waals surface area contributed by atoms with E-state index in [1.165, 1.54) is 12.1 Å². The van der Waals surface area contributed by atoms with Gasteiger partial charge in [0, 0.05) is 35.3 Å². The number of hydrogen-bond acceptors (Lipinski definition) is 2. The minimum atomic E-state index is -0.572. The molecule has 0 aliphatic heterocycles. The quantitative estimate of drug-likeness (QED) is 0.578. The lowest BCUT2D eigenvalue weighted by Gasteiger charge is -2.02. The van der Waals surface area contributed by atoms with Crippen LogP contribution in [-0.4, -0.2) is 10.4 Å². The lowest BCUT2D eigenvalue weighted by atomic mass is 10.0. The van der Waals surface area contributed by atoms with Crippen molar-refractivity contribution in [3.05, 3.63) is 65.1 Å². The number of hydrogen-bond donors (Lipinski definition) is 1. The van der Waals surface area contributed by atoms with Gasteiger partial charge >= 0.3 is 0 Å². The summed E-state index contributed by atoms with van der Waals surface area (Å²) in [6.45, 7) is 2.00. The van der Waals surface area contributed by atoms with E-state index < -0.39 is 5.82 Å². The van der Waals surface area contributed by atoms with Gasteiger partial charge in [0.15, 0.2) is 5.78 Å². The van der Waals surface area contributed by atoms with E-state index in [-0.39, 0.29) is 11.5 Å². The first kappa shape index (κ1) is 13.4. The summed E-state index contributed by atoms with van der Waals surface area (Å²) in [4.78, 5) is 12.6. The number of aryl methyl sites for hydroxylation is 2. The molecule has 0 saturated heterocycles. The third-order valence-electron chi connectivity index (χ3n) is 3.65. The molecular formula is C17H15FN2O. The van der Waals surface area contributed by atoms with Crippen molar-refractivity contribution in [2.45, 2.75) is 6.92 Å². The van der Waals surface area contributed by atoms with Crippen LogP contribution in [0.15, 0.2) is 42.6 Å². The first-order chi connectivity index (χ1) is 9.97. The van der Waals surface area contributed by atoms with E-state index in [1.807, 2.05) is 36.7 Å². The van der Waals surface area contributed by atoms with E-state index >= 15 is 0 Å². The van der Waals surface area contributed by atoms with Gasteiger partial charge in [0.1, 0.15) is 5.82 Å². The first-order valence-corrected chi connectivity index (χ1v) is 6.63. The van der Waals surface area contributed by atoms with Crippen molar-refractivity contribution in [2.75, 3.05) is 5.73 Å². The van der Waals surface area contributed by atoms with Crippen LogP contribution >= 0.6 is 0 Å². The van der Waals surface area contributed by atoms with E-state index in [0.29, 0.717) is 11.1 Å². The van der Waals surface area contributed by atoms with Gasteiger partial charge < -0.3 is 10.3 Å². The molecule has 0 aliphatic rings. The van der Waals surface area contributed by atoms with Crippen LogP contribution in [0.25, 0.3) is 10.9 Å². The highest BCUT2D eigenvalue weighted by atomic mass is 19.1. The Bertz CT molecular complexity index is 865. The van der Waals surface area contributed by atoms with Crippen molar-refractivity contribution < 1.29 is 9.18 Å². The summed E-state index contributed by atoms with van der Waals surface area (Å²) in [7, 11) is 1.89. The number of nitrogens with zero attached hydrogens (tertiary/aromatic N) is 1. The monoisotopic (exact) mass is 282 g/mol. The van der Waals surface area contributed by atoms with Gasteiger partial charge in [0.05, 0.1) is 5.69 Å². The van der Waals surface area contributed by atoms with Gasteiger partial charge in [0.2, 0.25) is 0 Å². The molecule has 3 nitrogen and oxygen atoms in total. The Morgan fingerprint density at radius 2 is 1.95 bits per heavy atom. The van der Waals surface area contributed by atoms with Crippen molar-refractivity contribution >= 4 is 22.4 Å². The van der Waals surface area contributed by atoms with Crippen LogP contribution in [0.5, 0.6) is 0 Å². The molecule has 21 heavy (non-hydrogen) atoms. The van der Waals surface area contributed by atoms with Gasteiger partial charge in [-0.3, -0.25) is 4.79 Å². The van der Waals surface area contributed by atoms with Crippen LogP contribution in [0, 0.1) is 12.7 Å². The van der Waals surface area contributed by atoms with Crippen LogP contribution in [0.4, 0.5) is 10.1 Å². The zero-order chi connectivity index (χ0) is 15.1. The first-order valence-electron chi connectivity index (χ1n) is 6.63. The highest BCUT2D eigenvalue weighted by Gasteiger charge is 2.16. The molecule has 3 aromatic rings. The summed E-state index contributed by atoms with van der Waals surface area (Å²) >= 11 is 0. The molecule has 0 spiro atoms. The van der Waals surface area contributed by atoms with Gasteiger partial charge in [0.25, 0.3) is 0 Å². The summed E-state index contributed by atoms with van der Waals surface area (Å²) < 4.78 is 15.5. The maximum absolute atomic E-state index is 13.5. The molecule has 2 N–H and O–H groups in total. The molecule has 2 aromatic carbocycles. The fourth-order valence-electron chi connectivity index (χ4n) is 2.50. The number of carbonyl (C=O) groups is 1. The number of nitrogens with two attached hydrogens (primary N) is 1. The van der Waals surface area contributed by atoms with E-state index in [9.17, 15) is 9.18 Å². The molecule has 1 heterocycles. The topological polar surface area (TPSA) is 48.0 Å². The number of ketones is 1. The Morgan fingerprint density at radius 3 is 2.67 bits per heavy atom. The lowest BCUT2D eigenvalue weighted by molar-refractivity contribution is 0.103. The molecule has 0 fully saturated rings. The fraction of sp³-hybridized carbons (Fsp3) is 0.118. The fourth-order valence-corrected chi connectivity index (χ4v) is 2.50. The maximum atomic E-state index is 13.5. The maximum Gasteiger partial charge on any atom is 0.195 e. The molecule has 1 aromatic heterocycles. The third kappa shape index (κ3) is 2.18. The molecule has 0 unspecified atom stereocenters. The predicted molar refractivity (Wildman–Crippen MR) is 81.9 cm³/mol. The number of benzene rings is 2. The van der Waals surface area contributed by atoms with E-state index in [2.05, 4.69) is 0 Å². The molecule has 4 heteroatoms. The second kappa shape index (κ2) is 4.74. The van der Waals surface area contributed by atoms with Gasteiger partial charge in [-0.2, -0.15) is 0 Å². The van der Waals surface area contributed by atoms with Crippen molar-refractivity contribution in [3.8, 4) is 0 Å². The third-order valence-corrected chi connectivity index (χ3v) is 3.65. The highest BCUT2D eigenvalue weighted by molar-refractivity contribution is 6.16. The molecule has 0 saturated carbocycles. The van der Waals surface area contributed by atoms with Crippen molar-refractivity contribution in [1.82, 2.24) is 4.57 Å². The number of anilines is 1. The van der Waals surface area contributed by atoms with Gasteiger partial charge in [-0.1, -0.05) is 12.1 Å². The Morgan fingerprint density at radius 1 is 1.19 bits per heavy atom. The second-order valence-corrected chi connectivity index (χ2v) is 5.24. The largest absolute Gasteiger partial charge is 0.396 e. The summed E-state index contributed by atoms with van der Waals surface area (Å²) in [5.74, 6) is -0.778. The second-order valence-electron chi connectivity index (χ2n) is 5.24. The highest BCUT2D eigenvalue weighted by Crippen LogP contribution is 2.25. The summed E-state index contributed by atoms with van der Waals surface area (Å²) in [6, 6.07) is 10.1. The van der Waals surface area contributed by atoms with Gasteiger partial charge in [-0.15, -0.1) is 0 Å². The Labute approximate surface area is 121 Å². The normalized spacial score (nSPS) is 11.0. The zero-order valence-corrected chi connectivity index (χ0v) is 11.9. The molecule has 0 amide bonds. The predicted octanol–water partition coefficient (Wildman–Crippen LogP) is 3.44. The molecule has 0 bridgehead atoms. The average molecular weight is 282 g/mol. The standard InChI is InChI=1S/C17H15FN2O/c1-10-3-5-12-13(9-20(2)16(12)7-10)17(21)11-4-6-15(19)14(18)8-11/h3-9H,19H2,1-2H3. The van der Waals surface area contributed by atoms with E-state index in [1.54, 1.807) is 12.3 Å². The van der Waals surface area contributed by atoms with Crippen LogP contribution in [-0.2, 0) is 7.05 Å². The average Bonchev–Trinajstić information content (AvgIpc) is 2.78. The van der Waals surface area contributed by atoms with Crippen molar-refractivity contribution in [3.63, 3.8) is 0 Å². The summed E-state index contributed by atoms with van der Waals surface area (Å²) in [6.07, 6.45) is 1.78. The van der Waals surface area contributed by atoms with Gasteiger partial charge in [-0.25, -0.2) is 4.39 Å². The summed E-state index contributed by atoms with van der Waals surface area (Å²) in [5.41, 5.74) is 8.46. The number of fused-ring (bicyclic) bond motifs is 1. The number of carbonyl (C=O) groups excluding carboxylic acids is 1. The Balaban J connectivity index is 2.15. The minimum Gasteiger partial charge on any atom is -0.396 e. The van der Waals surface area contributed by atoms with Crippen molar-refractivity contribution in [2.24, 2.45) is 7.05 Å². The minimum absolute atomic E-state index is 0.0418. The Hall–Kier alpha value is -2.62. The zero-order valence-electron chi connectivity index (χ0n) is 11.9. The van der Waals surface area contributed by atoms with Crippen LogP contribution < -0.4 is 5.73 Å². The lowest BCUT2D eigenvalue weighted by Crippen LogP contribution is -2.02. The number of halogens is 1. The molecule has 106 valence electrons. The van der Waals surface area contributed by atoms with Crippen LogP contribution in [0.1, 0.15) is 21.5 Å². The number of nitrogen functional groups attached to an aromatic ring is 1. The van der Waals surface area contributed by atoms with Crippen LogP contribution in [0.2, 0.25) is 0 Å². The molecule has 0 aliphatic carbocycles. The van der Waals surface area contributed by atoms with Gasteiger partial charge in [-0.05, 0) is 36.8 Å². The molecule has 0 atom stereocenters. The van der Waals surface area contributed by atoms with Crippen LogP contribution in [0.3, 0.4) is 0 Å². The molecular weight excluding hydrogens is 267 g/mol. The smallest absolute Gasteiger partial charge is 0.195 e. The number of aromatic nitrogens is 1. The number of rotatable bonds is 2. The molecule has 0 radical (unpaired) electrons. The Kier molecular flexibility index (Phi) is 3.01. The summed E-state index contributed by atoms with van der Waals surface area (Å²) in [5, 5.41) is 0.866. The van der Waals surface area contributed by atoms with Crippen molar-refractivity contribution in [1.29, 1.82) is 0 Å². The van der Waals surface area contributed by atoms with E-state index in [4.69, 9.17) is 5.73 Å². The molecule has 3 rings (SSSR count).